The summed E-state index contributed by atoms with van der Waals surface area (Å²) in [6.45, 7) is 3.27. The number of nitrogens with zero attached hydrogens (tertiary/aromatic N) is 1. The van der Waals surface area contributed by atoms with Gasteiger partial charge in [-0.15, -0.1) is 0 Å². The van der Waals surface area contributed by atoms with Crippen LogP contribution in [0.25, 0.3) is 0 Å². The molecule has 0 bridgehead atoms. The van der Waals surface area contributed by atoms with Crippen LogP contribution in [0.5, 0.6) is 0 Å². The van der Waals surface area contributed by atoms with Gasteiger partial charge in [0.2, 0.25) is 0 Å². The average Bonchev–Trinajstić information content (AvgIpc) is 2.30. The van der Waals surface area contributed by atoms with E-state index in [0.29, 0.717) is 16.5 Å². The fraction of sp³-hybridized carbons (Fsp3) is 0.500. The van der Waals surface area contributed by atoms with Crippen LogP contribution < -0.4 is 4.90 Å². The van der Waals surface area contributed by atoms with Gasteiger partial charge in [0.1, 0.15) is 0 Å². The van der Waals surface area contributed by atoms with Crippen molar-refractivity contribution in [1.82, 2.24) is 0 Å². The first-order valence-electron chi connectivity index (χ1n) is 5.65. The molecule has 1 aromatic carbocycles. The summed E-state index contributed by atoms with van der Waals surface area (Å²) >= 11 is 6.21. The number of anilines is 1. The Bertz CT molecular complexity index is 427. The zero-order chi connectivity index (χ0) is 12.4. The Labute approximate surface area is 109 Å². The first kappa shape index (κ1) is 12.9. The molecule has 1 aromatic rings. The lowest BCUT2D eigenvalue weighted by molar-refractivity contribution is 0.199. The maximum atomic E-state index is 11.3. The van der Waals surface area contributed by atoms with Crippen molar-refractivity contribution in [3.63, 3.8) is 0 Å². The molecule has 0 aliphatic carbocycles. The van der Waals surface area contributed by atoms with E-state index in [2.05, 4.69) is 4.90 Å². The largest absolute Gasteiger partial charge is 0.389 e. The van der Waals surface area contributed by atoms with E-state index < -0.39 is 16.9 Å². The van der Waals surface area contributed by atoms with Gasteiger partial charge in [-0.1, -0.05) is 17.7 Å². The van der Waals surface area contributed by atoms with Crippen LogP contribution in [-0.2, 0) is 10.8 Å². The van der Waals surface area contributed by atoms with Crippen molar-refractivity contribution < 1.29 is 9.32 Å². The molecule has 0 spiro atoms. The molecule has 0 radical (unpaired) electrons. The minimum absolute atomic E-state index is 0.504. The van der Waals surface area contributed by atoms with Crippen molar-refractivity contribution in [2.45, 2.75) is 13.0 Å². The summed E-state index contributed by atoms with van der Waals surface area (Å²) in [6, 6.07) is 5.61. The van der Waals surface area contributed by atoms with E-state index in [9.17, 15) is 9.32 Å². The van der Waals surface area contributed by atoms with E-state index >= 15 is 0 Å². The Balaban J connectivity index is 2.19. The van der Waals surface area contributed by atoms with Crippen LogP contribution in [0, 0.1) is 0 Å². The number of hydrogen-bond acceptors (Lipinski definition) is 3. The monoisotopic (exact) mass is 273 g/mol. The van der Waals surface area contributed by atoms with Crippen molar-refractivity contribution in [2.75, 3.05) is 29.5 Å². The summed E-state index contributed by atoms with van der Waals surface area (Å²) in [5.74, 6) is 1.41. The lowest BCUT2D eigenvalue weighted by Gasteiger charge is -2.29. The van der Waals surface area contributed by atoms with Gasteiger partial charge in [0.05, 0.1) is 16.8 Å². The Morgan fingerprint density at radius 2 is 2.06 bits per heavy atom. The first-order valence-corrected chi connectivity index (χ1v) is 7.52. The fourth-order valence-corrected chi connectivity index (χ4v) is 3.28. The Hall–Kier alpha value is -0.580. The number of halogens is 1. The molecule has 1 fully saturated rings. The summed E-state index contributed by atoms with van der Waals surface area (Å²) in [6.07, 6.45) is -0.504. The molecule has 94 valence electrons. The minimum atomic E-state index is -0.678. The van der Waals surface area contributed by atoms with Gasteiger partial charge in [0.15, 0.2) is 0 Å². The molecule has 0 aromatic heterocycles. The standard InChI is InChI=1S/C12H16ClNO2S/c1-9(15)10-2-3-12(11(13)8-10)14-4-6-17(16)7-5-14/h2-3,8-9,15H,4-7H2,1H3/t9-/m0/s1. The van der Waals surface area contributed by atoms with Crippen LogP contribution >= 0.6 is 11.6 Å². The molecular formula is C12H16ClNO2S. The van der Waals surface area contributed by atoms with Gasteiger partial charge in [-0.3, -0.25) is 4.21 Å². The number of aliphatic hydroxyl groups is 1. The zero-order valence-corrected chi connectivity index (χ0v) is 11.3. The number of benzene rings is 1. The molecular weight excluding hydrogens is 258 g/mol. The fourth-order valence-electron chi connectivity index (χ4n) is 1.92. The van der Waals surface area contributed by atoms with Crippen LogP contribution in [-0.4, -0.2) is 33.9 Å². The number of hydrogen-bond donors (Lipinski definition) is 1. The molecule has 1 saturated heterocycles. The molecule has 2 rings (SSSR count). The van der Waals surface area contributed by atoms with Gasteiger partial charge in [-0.05, 0) is 24.6 Å². The molecule has 0 saturated carbocycles. The molecule has 1 heterocycles. The Morgan fingerprint density at radius 3 is 2.59 bits per heavy atom. The molecule has 1 atom stereocenters. The van der Waals surface area contributed by atoms with Gasteiger partial charge >= 0.3 is 0 Å². The van der Waals surface area contributed by atoms with Gasteiger partial charge in [-0.25, -0.2) is 0 Å². The van der Waals surface area contributed by atoms with Gasteiger partial charge in [-0.2, -0.15) is 0 Å². The summed E-state index contributed by atoms with van der Waals surface area (Å²) in [4.78, 5) is 2.15. The van der Waals surface area contributed by atoms with E-state index in [0.717, 1.165) is 24.3 Å². The first-order chi connectivity index (χ1) is 8.08. The molecule has 1 aliphatic rings. The number of rotatable bonds is 2. The van der Waals surface area contributed by atoms with Crippen molar-refractivity contribution >= 4 is 28.1 Å². The van der Waals surface area contributed by atoms with E-state index in [4.69, 9.17) is 11.6 Å². The highest BCUT2D eigenvalue weighted by molar-refractivity contribution is 7.85. The van der Waals surface area contributed by atoms with Gasteiger partial charge in [0.25, 0.3) is 0 Å². The third kappa shape index (κ3) is 3.00. The van der Waals surface area contributed by atoms with Gasteiger partial charge in [0, 0.05) is 35.4 Å². The van der Waals surface area contributed by atoms with Crippen molar-refractivity contribution in [3.05, 3.63) is 28.8 Å². The maximum absolute atomic E-state index is 11.3. The normalized spacial score (nSPS) is 19.4. The second kappa shape index (κ2) is 5.38. The quantitative estimate of drug-likeness (QED) is 0.896. The Morgan fingerprint density at radius 1 is 1.41 bits per heavy atom. The molecule has 5 heteroatoms. The highest BCUT2D eigenvalue weighted by Crippen LogP contribution is 2.29. The van der Waals surface area contributed by atoms with Crippen molar-refractivity contribution in [2.24, 2.45) is 0 Å². The predicted molar refractivity (Wildman–Crippen MR) is 72.2 cm³/mol. The van der Waals surface area contributed by atoms with E-state index in [1.54, 1.807) is 13.0 Å². The average molecular weight is 274 g/mol. The molecule has 0 unspecified atom stereocenters. The molecule has 1 N–H and O–H groups in total. The van der Waals surface area contributed by atoms with Crippen LogP contribution in [0.1, 0.15) is 18.6 Å². The second-order valence-corrected chi connectivity index (χ2v) is 6.33. The molecule has 0 amide bonds. The third-order valence-corrected chi connectivity index (χ3v) is 4.55. The van der Waals surface area contributed by atoms with Crippen LogP contribution in [0.4, 0.5) is 5.69 Å². The highest BCUT2D eigenvalue weighted by atomic mass is 35.5. The van der Waals surface area contributed by atoms with Gasteiger partial charge < -0.3 is 10.0 Å². The third-order valence-electron chi connectivity index (χ3n) is 2.97. The van der Waals surface area contributed by atoms with E-state index in [-0.39, 0.29) is 0 Å². The zero-order valence-electron chi connectivity index (χ0n) is 9.73. The summed E-state index contributed by atoms with van der Waals surface area (Å²) in [5, 5.41) is 10.1. The predicted octanol–water partition coefficient (Wildman–Crippen LogP) is 1.96. The topological polar surface area (TPSA) is 40.5 Å². The summed E-state index contributed by atoms with van der Waals surface area (Å²) < 4.78 is 11.3. The lowest BCUT2D eigenvalue weighted by Crippen LogP contribution is -2.37. The lowest BCUT2D eigenvalue weighted by atomic mass is 10.1. The smallest absolute Gasteiger partial charge is 0.0762 e. The van der Waals surface area contributed by atoms with Crippen LogP contribution in [0.3, 0.4) is 0 Å². The van der Waals surface area contributed by atoms with Crippen molar-refractivity contribution in [1.29, 1.82) is 0 Å². The Kier molecular flexibility index (Phi) is 4.07. The second-order valence-electron chi connectivity index (χ2n) is 4.22. The highest BCUT2D eigenvalue weighted by Gasteiger charge is 2.18. The molecule has 17 heavy (non-hydrogen) atoms. The molecule has 1 aliphatic heterocycles. The van der Waals surface area contributed by atoms with E-state index in [1.165, 1.54) is 0 Å². The molecule has 3 nitrogen and oxygen atoms in total. The van der Waals surface area contributed by atoms with Crippen LogP contribution in [0.15, 0.2) is 18.2 Å². The maximum Gasteiger partial charge on any atom is 0.0762 e. The SMILES string of the molecule is C[C@H](O)c1ccc(N2CCS(=O)CC2)c(Cl)c1. The number of aliphatic hydroxyl groups excluding tert-OH is 1. The van der Waals surface area contributed by atoms with E-state index in [1.807, 2.05) is 12.1 Å². The minimum Gasteiger partial charge on any atom is -0.389 e. The summed E-state index contributed by atoms with van der Waals surface area (Å²) in [7, 11) is -0.678. The van der Waals surface area contributed by atoms with Crippen LogP contribution in [0.2, 0.25) is 5.02 Å². The van der Waals surface area contributed by atoms with Crippen molar-refractivity contribution in [3.8, 4) is 0 Å². The summed E-state index contributed by atoms with van der Waals surface area (Å²) in [5.41, 5.74) is 1.78.